The maximum absolute atomic E-state index is 13.1. The minimum absolute atomic E-state index is 0.0123. The summed E-state index contributed by atoms with van der Waals surface area (Å²) < 4.78 is 30.7. The fourth-order valence-corrected chi connectivity index (χ4v) is 2.07. The summed E-state index contributed by atoms with van der Waals surface area (Å²) in [6, 6.07) is 9.02. The molecule has 0 N–H and O–H groups in total. The second kappa shape index (κ2) is 4.84. The average molecular weight is 253 g/mol. The van der Waals surface area contributed by atoms with E-state index in [1.807, 2.05) is 6.07 Å². The van der Waals surface area contributed by atoms with Crippen LogP contribution in [0, 0.1) is 0 Å². The molecule has 0 aliphatic carbocycles. The lowest BCUT2D eigenvalue weighted by Gasteiger charge is -2.21. The molecule has 1 aliphatic rings. The van der Waals surface area contributed by atoms with Crippen LogP contribution in [0.3, 0.4) is 0 Å². The number of esters is 1. The van der Waals surface area contributed by atoms with Gasteiger partial charge in [0.25, 0.3) is 6.43 Å². The maximum atomic E-state index is 13.1. The Morgan fingerprint density at radius 2 is 2.06 bits per heavy atom. The van der Waals surface area contributed by atoms with Gasteiger partial charge in [-0.1, -0.05) is 30.3 Å². The largest absolute Gasteiger partial charge is 0.467 e. The Balaban J connectivity index is 2.37. The molecule has 18 heavy (non-hydrogen) atoms. The summed E-state index contributed by atoms with van der Waals surface area (Å²) in [5.41, 5.74) is -0.731. The number of benzene rings is 1. The Kier molecular flexibility index (Phi) is 3.41. The smallest absolute Gasteiger partial charge is 0.339 e. The Morgan fingerprint density at radius 1 is 1.39 bits per heavy atom. The van der Waals surface area contributed by atoms with Crippen LogP contribution in [0.5, 0.6) is 0 Å². The van der Waals surface area contributed by atoms with E-state index in [-0.39, 0.29) is 6.42 Å². The molecule has 1 aromatic carbocycles. The summed E-state index contributed by atoms with van der Waals surface area (Å²) in [5.74, 6) is -0.969. The molecule has 0 saturated carbocycles. The normalized spacial score (nSPS) is 23.0. The molecular weight excluding hydrogens is 240 g/mol. The number of nitrogens with zero attached hydrogens (tertiary/aromatic N) is 1. The van der Waals surface area contributed by atoms with Gasteiger partial charge in [-0.25, -0.2) is 13.6 Å². The van der Waals surface area contributed by atoms with Gasteiger partial charge in [0, 0.05) is 5.71 Å². The molecule has 2 rings (SSSR count). The molecule has 0 spiro atoms. The van der Waals surface area contributed by atoms with Crippen LogP contribution < -0.4 is 0 Å². The number of hydrogen-bond donors (Lipinski definition) is 0. The van der Waals surface area contributed by atoms with Crippen LogP contribution in [0.25, 0.3) is 0 Å². The van der Waals surface area contributed by atoms with Crippen molar-refractivity contribution in [3.05, 3.63) is 35.9 Å². The van der Waals surface area contributed by atoms with E-state index in [1.54, 1.807) is 24.3 Å². The molecule has 0 radical (unpaired) electrons. The molecule has 96 valence electrons. The van der Waals surface area contributed by atoms with Gasteiger partial charge >= 0.3 is 5.97 Å². The van der Waals surface area contributed by atoms with Gasteiger partial charge in [0.15, 0.2) is 0 Å². The molecule has 0 fully saturated rings. The molecule has 1 heterocycles. The van der Waals surface area contributed by atoms with E-state index in [2.05, 4.69) is 9.73 Å². The van der Waals surface area contributed by atoms with E-state index in [0.717, 1.165) is 12.7 Å². The van der Waals surface area contributed by atoms with E-state index >= 15 is 0 Å². The molecule has 3 nitrogen and oxygen atoms in total. The highest BCUT2D eigenvalue weighted by Gasteiger charge is 2.51. The Bertz CT molecular complexity index is 473. The molecule has 1 atom stereocenters. The molecule has 1 aliphatic heterocycles. The van der Waals surface area contributed by atoms with Gasteiger partial charge in [-0.15, -0.1) is 0 Å². The lowest BCUT2D eigenvalue weighted by Crippen LogP contribution is -2.42. The standard InChI is InChI=1S/C13H13F2NO2/c1-18-12(17)13(11(14)15)8-7-10(16-13)9-5-3-2-4-6-9/h2-6,11H,7-8H2,1H3/t13-/m0/s1. The molecule has 0 aromatic heterocycles. The van der Waals surface area contributed by atoms with Gasteiger partial charge in [-0.05, 0) is 18.4 Å². The summed E-state index contributed by atoms with van der Waals surface area (Å²) in [6.45, 7) is 0. The van der Waals surface area contributed by atoms with Gasteiger partial charge in [0.05, 0.1) is 7.11 Å². The first-order valence-corrected chi connectivity index (χ1v) is 5.61. The van der Waals surface area contributed by atoms with Gasteiger partial charge in [0.2, 0.25) is 5.54 Å². The van der Waals surface area contributed by atoms with Gasteiger partial charge in [-0.2, -0.15) is 0 Å². The minimum atomic E-state index is -2.86. The lowest BCUT2D eigenvalue weighted by atomic mass is 9.97. The van der Waals surface area contributed by atoms with Crippen molar-refractivity contribution in [1.82, 2.24) is 0 Å². The third-order valence-corrected chi connectivity index (χ3v) is 3.08. The Hall–Kier alpha value is -1.78. The SMILES string of the molecule is COC(=O)[C@@]1(C(F)F)CCC(c2ccccc2)=N1. The highest BCUT2D eigenvalue weighted by Crippen LogP contribution is 2.35. The first-order valence-electron chi connectivity index (χ1n) is 5.61. The summed E-state index contributed by atoms with van der Waals surface area (Å²) in [5, 5.41) is 0. The van der Waals surface area contributed by atoms with E-state index in [0.29, 0.717) is 12.1 Å². The fourth-order valence-electron chi connectivity index (χ4n) is 2.07. The van der Waals surface area contributed by atoms with Gasteiger partial charge < -0.3 is 4.74 Å². The van der Waals surface area contributed by atoms with Crippen LogP contribution in [-0.4, -0.2) is 30.8 Å². The van der Waals surface area contributed by atoms with Crippen molar-refractivity contribution in [3.63, 3.8) is 0 Å². The Morgan fingerprint density at radius 3 is 2.61 bits per heavy atom. The highest BCUT2D eigenvalue weighted by molar-refractivity contribution is 6.04. The third kappa shape index (κ3) is 2.00. The third-order valence-electron chi connectivity index (χ3n) is 3.08. The molecule has 0 saturated heterocycles. The molecule has 1 aromatic rings. The molecule has 0 amide bonds. The van der Waals surface area contributed by atoms with E-state index in [1.165, 1.54) is 0 Å². The topological polar surface area (TPSA) is 38.7 Å². The van der Waals surface area contributed by atoms with Crippen LogP contribution in [0.15, 0.2) is 35.3 Å². The zero-order chi connectivity index (χ0) is 13.2. The lowest BCUT2D eigenvalue weighted by molar-refractivity contribution is -0.153. The quantitative estimate of drug-likeness (QED) is 0.776. The number of aliphatic imine (C=N–C) groups is 1. The van der Waals surface area contributed by atoms with E-state index in [4.69, 9.17) is 0 Å². The predicted molar refractivity (Wildman–Crippen MR) is 63.0 cm³/mol. The summed E-state index contributed by atoms with van der Waals surface area (Å²) in [4.78, 5) is 15.5. The summed E-state index contributed by atoms with van der Waals surface area (Å²) in [7, 11) is 1.10. The summed E-state index contributed by atoms with van der Waals surface area (Å²) in [6.07, 6.45) is -2.52. The average Bonchev–Trinajstić information content (AvgIpc) is 2.85. The highest BCUT2D eigenvalue weighted by atomic mass is 19.3. The van der Waals surface area contributed by atoms with Crippen LogP contribution in [0.1, 0.15) is 18.4 Å². The monoisotopic (exact) mass is 253 g/mol. The van der Waals surface area contributed by atoms with Crippen molar-refractivity contribution < 1.29 is 18.3 Å². The van der Waals surface area contributed by atoms with Crippen LogP contribution in [-0.2, 0) is 9.53 Å². The number of carbonyl (C=O) groups excluding carboxylic acids is 1. The van der Waals surface area contributed by atoms with Gasteiger partial charge in [-0.3, -0.25) is 4.99 Å². The maximum Gasteiger partial charge on any atom is 0.339 e. The second-order valence-electron chi connectivity index (χ2n) is 4.14. The Labute approximate surface area is 103 Å². The van der Waals surface area contributed by atoms with Crippen molar-refractivity contribution in [2.75, 3.05) is 7.11 Å². The molecule has 0 bridgehead atoms. The zero-order valence-corrected chi connectivity index (χ0v) is 9.90. The number of halogens is 2. The minimum Gasteiger partial charge on any atom is -0.467 e. The molecular formula is C13H13F2NO2. The van der Waals surface area contributed by atoms with Crippen LogP contribution >= 0.6 is 0 Å². The van der Waals surface area contributed by atoms with Crippen molar-refractivity contribution in [3.8, 4) is 0 Å². The zero-order valence-electron chi connectivity index (χ0n) is 9.90. The van der Waals surface area contributed by atoms with Crippen molar-refractivity contribution in [2.24, 2.45) is 4.99 Å². The number of carbonyl (C=O) groups is 1. The number of alkyl halides is 2. The summed E-state index contributed by atoms with van der Waals surface area (Å²) >= 11 is 0. The second-order valence-corrected chi connectivity index (χ2v) is 4.14. The van der Waals surface area contributed by atoms with Crippen molar-refractivity contribution >= 4 is 11.7 Å². The number of rotatable bonds is 3. The first kappa shape index (κ1) is 12.7. The first-order chi connectivity index (χ1) is 8.60. The molecule has 5 heteroatoms. The number of methoxy groups -OCH3 is 1. The van der Waals surface area contributed by atoms with Crippen LogP contribution in [0.2, 0.25) is 0 Å². The van der Waals surface area contributed by atoms with Gasteiger partial charge in [0.1, 0.15) is 0 Å². The number of hydrogen-bond acceptors (Lipinski definition) is 3. The van der Waals surface area contributed by atoms with Crippen LogP contribution in [0.4, 0.5) is 8.78 Å². The van der Waals surface area contributed by atoms with E-state index < -0.39 is 17.9 Å². The van der Waals surface area contributed by atoms with E-state index in [9.17, 15) is 13.6 Å². The van der Waals surface area contributed by atoms with Crippen molar-refractivity contribution in [2.45, 2.75) is 24.8 Å². The molecule has 0 unspecified atom stereocenters. The van der Waals surface area contributed by atoms with Crippen molar-refractivity contribution in [1.29, 1.82) is 0 Å². The number of ether oxygens (including phenoxy) is 1. The fraction of sp³-hybridized carbons (Fsp3) is 0.385. The predicted octanol–water partition coefficient (Wildman–Crippen LogP) is 2.45.